The van der Waals surface area contributed by atoms with Crippen molar-refractivity contribution in [2.75, 3.05) is 10.6 Å². The molecule has 0 saturated carbocycles. The molecule has 104 valence electrons. The summed E-state index contributed by atoms with van der Waals surface area (Å²) in [6.07, 6.45) is 0. The lowest BCUT2D eigenvalue weighted by molar-refractivity contribution is -0.133. The molecule has 0 atom stereocenters. The van der Waals surface area contributed by atoms with Crippen molar-refractivity contribution in [3.8, 4) is 0 Å². The van der Waals surface area contributed by atoms with Crippen LogP contribution in [0.15, 0.2) is 23.6 Å². The number of aryl methyl sites for hydroxylation is 2. The third-order valence-corrected chi connectivity index (χ3v) is 3.59. The lowest BCUT2D eigenvalue weighted by Gasteiger charge is -2.08. The predicted octanol–water partition coefficient (Wildman–Crippen LogP) is 2.99. The predicted molar refractivity (Wildman–Crippen MR) is 80.3 cm³/mol. The van der Waals surface area contributed by atoms with Gasteiger partial charge in [0.1, 0.15) is 0 Å². The standard InChI is InChI=1S/C13H12ClN3O2S/c1-7-5-9(14)3-4-10(7)16-11(18)12(19)17-13-15-8(2)6-20-13/h3-6H,1-2H3,(H,16,18)(H,15,17,19). The number of hydrogen-bond donors (Lipinski definition) is 2. The Balaban J connectivity index is 2.02. The Morgan fingerprint density at radius 3 is 2.50 bits per heavy atom. The van der Waals surface area contributed by atoms with Gasteiger partial charge in [0.25, 0.3) is 0 Å². The number of amides is 2. The van der Waals surface area contributed by atoms with E-state index in [2.05, 4.69) is 15.6 Å². The fourth-order valence-electron chi connectivity index (χ4n) is 1.51. The molecule has 0 unspecified atom stereocenters. The molecule has 0 radical (unpaired) electrons. The van der Waals surface area contributed by atoms with Crippen LogP contribution in [0.2, 0.25) is 5.02 Å². The monoisotopic (exact) mass is 309 g/mol. The molecule has 0 bridgehead atoms. The number of halogens is 1. The number of nitrogens with zero attached hydrogens (tertiary/aromatic N) is 1. The first-order valence-electron chi connectivity index (χ1n) is 5.76. The van der Waals surface area contributed by atoms with E-state index >= 15 is 0 Å². The van der Waals surface area contributed by atoms with Crippen LogP contribution < -0.4 is 10.6 Å². The SMILES string of the molecule is Cc1csc(NC(=O)C(=O)Nc2ccc(Cl)cc2C)n1. The summed E-state index contributed by atoms with van der Waals surface area (Å²) in [5.74, 6) is -1.50. The molecule has 0 aliphatic carbocycles. The van der Waals surface area contributed by atoms with E-state index in [1.807, 2.05) is 6.92 Å². The number of aromatic nitrogens is 1. The summed E-state index contributed by atoms with van der Waals surface area (Å²) in [5, 5.41) is 7.74. The maximum absolute atomic E-state index is 11.8. The van der Waals surface area contributed by atoms with Crippen molar-refractivity contribution in [3.63, 3.8) is 0 Å². The number of carbonyl (C=O) groups excluding carboxylic acids is 2. The van der Waals surface area contributed by atoms with E-state index in [0.29, 0.717) is 15.8 Å². The molecule has 0 aliphatic rings. The molecule has 1 heterocycles. The normalized spacial score (nSPS) is 10.2. The van der Waals surface area contributed by atoms with Gasteiger partial charge in [0, 0.05) is 16.1 Å². The number of thiazole rings is 1. The van der Waals surface area contributed by atoms with Crippen molar-refractivity contribution in [3.05, 3.63) is 39.9 Å². The minimum absolute atomic E-state index is 0.399. The summed E-state index contributed by atoms with van der Waals surface area (Å²) in [6, 6.07) is 5.00. The lowest BCUT2D eigenvalue weighted by atomic mass is 10.2. The van der Waals surface area contributed by atoms with E-state index in [4.69, 9.17) is 11.6 Å². The maximum atomic E-state index is 11.8. The van der Waals surface area contributed by atoms with Crippen LogP contribution in [0.5, 0.6) is 0 Å². The molecule has 1 aromatic carbocycles. The highest BCUT2D eigenvalue weighted by Gasteiger charge is 2.16. The second kappa shape index (κ2) is 6.02. The molecular weight excluding hydrogens is 298 g/mol. The fourth-order valence-corrected chi connectivity index (χ4v) is 2.42. The first-order valence-corrected chi connectivity index (χ1v) is 7.02. The number of benzene rings is 1. The Labute approximate surface area is 125 Å². The van der Waals surface area contributed by atoms with Gasteiger partial charge in [0.15, 0.2) is 5.13 Å². The largest absolute Gasteiger partial charge is 0.318 e. The minimum Gasteiger partial charge on any atom is -0.318 e. The van der Waals surface area contributed by atoms with Crippen molar-refractivity contribution in [2.24, 2.45) is 0 Å². The Kier molecular flexibility index (Phi) is 4.36. The summed E-state index contributed by atoms with van der Waals surface area (Å²) < 4.78 is 0. The number of nitrogens with one attached hydrogen (secondary N) is 2. The highest BCUT2D eigenvalue weighted by atomic mass is 35.5. The van der Waals surface area contributed by atoms with Crippen LogP contribution in [0, 0.1) is 13.8 Å². The topological polar surface area (TPSA) is 71.1 Å². The van der Waals surface area contributed by atoms with Crippen molar-refractivity contribution in [1.29, 1.82) is 0 Å². The molecule has 2 aromatic rings. The zero-order valence-electron chi connectivity index (χ0n) is 10.9. The molecule has 2 rings (SSSR count). The van der Waals surface area contributed by atoms with E-state index in [0.717, 1.165) is 11.3 Å². The van der Waals surface area contributed by atoms with Gasteiger partial charge >= 0.3 is 11.8 Å². The highest BCUT2D eigenvalue weighted by molar-refractivity contribution is 7.14. The fraction of sp³-hybridized carbons (Fsp3) is 0.154. The van der Waals surface area contributed by atoms with Gasteiger partial charge in [0.2, 0.25) is 0 Å². The lowest BCUT2D eigenvalue weighted by Crippen LogP contribution is -2.29. The molecule has 7 heteroatoms. The smallest absolute Gasteiger partial charge is 0.315 e. The second-order valence-electron chi connectivity index (χ2n) is 4.16. The average molecular weight is 310 g/mol. The van der Waals surface area contributed by atoms with Crippen LogP contribution in [0.3, 0.4) is 0 Å². The third-order valence-electron chi connectivity index (χ3n) is 2.48. The quantitative estimate of drug-likeness (QED) is 0.838. The first kappa shape index (κ1) is 14.5. The maximum Gasteiger partial charge on any atom is 0.315 e. The van der Waals surface area contributed by atoms with E-state index in [9.17, 15) is 9.59 Å². The Bertz CT molecular complexity index is 669. The summed E-state index contributed by atoms with van der Waals surface area (Å²) in [6.45, 7) is 3.60. The summed E-state index contributed by atoms with van der Waals surface area (Å²) in [7, 11) is 0. The van der Waals surface area contributed by atoms with Crippen LogP contribution >= 0.6 is 22.9 Å². The van der Waals surface area contributed by atoms with Gasteiger partial charge in [-0.3, -0.25) is 14.9 Å². The Morgan fingerprint density at radius 1 is 1.20 bits per heavy atom. The molecule has 0 fully saturated rings. The van der Waals surface area contributed by atoms with Gasteiger partial charge in [-0.15, -0.1) is 11.3 Å². The zero-order chi connectivity index (χ0) is 14.7. The second-order valence-corrected chi connectivity index (χ2v) is 5.46. The van der Waals surface area contributed by atoms with Gasteiger partial charge < -0.3 is 5.32 Å². The molecule has 2 N–H and O–H groups in total. The summed E-state index contributed by atoms with van der Waals surface area (Å²) in [4.78, 5) is 27.6. The first-order chi connectivity index (χ1) is 9.45. The third kappa shape index (κ3) is 3.55. The van der Waals surface area contributed by atoms with Gasteiger partial charge in [-0.05, 0) is 37.6 Å². The Morgan fingerprint density at radius 2 is 1.90 bits per heavy atom. The number of anilines is 2. The molecular formula is C13H12ClN3O2S. The van der Waals surface area contributed by atoms with Crippen molar-refractivity contribution in [2.45, 2.75) is 13.8 Å². The van der Waals surface area contributed by atoms with Gasteiger partial charge in [-0.1, -0.05) is 11.6 Å². The van der Waals surface area contributed by atoms with Crippen molar-refractivity contribution < 1.29 is 9.59 Å². The minimum atomic E-state index is -0.756. The van der Waals surface area contributed by atoms with E-state index in [-0.39, 0.29) is 0 Å². The van der Waals surface area contributed by atoms with Crippen LogP contribution in [-0.2, 0) is 9.59 Å². The summed E-state index contributed by atoms with van der Waals surface area (Å²) in [5.41, 5.74) is 2.12. The summed E-state index contributed by atoms with van der Waals surface area (Å²) >= 11 is 7.09. The van der Waals surface area contributed by atoms with Crippen LogP contribution in [-0.4, -0.2) is 16.8 Å². The number of carbonyl (C=O) groups is 2. The van der Waals surface area contributed by atoms with Gasteiger partial charge in [-0.2, -0.15) is 0 Å². The van der Waals surface area contributed by atoms with E-state index in [1.165, 1.54) is 11.3 Å². The van der Waals surface area contributed by atoms with E-state index < -0.39 is 11.8 Å². The molecule has 1 aromatic heterocycles. The molecule has 0 saturated heterocycles. The molecule has 0 aliphatic heterocycles. The van der Waals surface area contributed by atoms with Crippen LogP contribution in [0.4, 0.5) is 10.8 Å². The molecule has 5 nitrogen and oxygen atoms in total. The average Bonchev–Trinajstić information content (AvgIpc) is 2.78. The van der Waals surface area contributed by atoms with E-state index in [1.54, 1.807) is 30.5 Å². The number of hydrogen-bond acceptors (Lipinski definition) is 4. The van der Waals surface area contributed by atoms with Gasteiger partial charge in [-0.25, -0.2) is 4.98 Å². The van der Waals surface area contributed by atoms with Crippen LogP contribution in [0.25, 0.3) is 0 Å². The van der Waals surface area contributed by atoms with Crippen molar-refractivity contribution in [1.82, 2.24) is 4.98 Å². The van der Waals surface area contributed by atoms with Crippen molar-refractivity contribution >= 4 is 45.6 Å². The Hall–Kier alpha value is -1.92. The highest BCUT2D eigenvalue weighted by Crippen LogP contribution is 2.19. The molecule has 20 heavy (non-hydrogen) atoms. The molecule has 0 spiro atoms. The number of rotatable bonds is 2. The zero-order valence-corrected chi connectivity index (χ0v) is 12.4. The molecule has 2 amide bonds. The van der Waals surface area contributed by atoms with Crippen LogP contribution in [0.1, 0.15) is 11.3 Å². The van der Waals surface area contributed by atoms with Gasteiger partial charge in [0.05, 0.1) is 5.69 Å².